The van der Waals surface area contributed by atoms with Crippen LogP contribution < -0.4 is 5.32 Å². The number of nitrogens with one attached hydrogen (secondary N) is 1. The number of aromatic nitrogens is 2. The molecule has 1 fully saturated rings. The summed E-state index contributed by atoms with van der Waals surface area (Å²) in [7, 11) is 5.02. The second-order valence-electron chi connectivity index (χ2n) is 5.61. The van der Waals surface area contributed by atoms with Crippen molar-refractivity contribution in [3.63, 3.8) is 0 Å². The monoisotopic (exact) mass is 323 g/mol. The Hall–Kier alpha value is -2.09. The Morgan fingerprint density at radius 3 is 3.04 bits per heavy atom. The van der Waals surface area contributed by atoms with Gasteiger partial charge < -0.3 is 19.7 Å². The van der Waals surface area contributed by atoms with E-state index in [1.54, 1.807) is 11.7 Å². The van der Waals surface area contributed by atoms with Crippen molar-refractivity contribution in [1.82, 2.24) is 20.0 Å². The Bertz CT molecular complexity index is 557. The van der Waals surface area contributed by atoms with Gasteiger partial charge in [-0.1, -0.05) is 6.92 Å². The van der Waals surface area contributed by atoms with Crippen LogP contribution in [0.1, 0.15) is 18.6 Å². The minimum atomic E-state index is -0.233. The first kappa shape index (κ1) is 17.3. The largest absolute Gasteiger partial charge is 0.469 e. The van der Waals surface area contributed by atoms with Crippen molar-refractivity contribution in [2.75, 3.05) is 40.4 Å². The maximum absolute atomic E-state index is 11.5. The molecule has 1 aliphatic heterocycles. The lowest BCUT2D eigenvalue weighted by Crippen LogP contribution is -2.49. The molecule has 2 rings (SSSR count). The topological polar surface area (TPSA) is 81.0 Å². The predicted octanol–water partition coefficient (Wildman–Crippen LogP) is 0.178. The van der Waals surface area contributed by atoms with Crippen molar-refractivity contribution in [2.45, 2.75) is 13.0 Å². The number of hydrogen-bond acceptors (Lipinski definition) is 5. The van der Waals surface area contributed by atoms with E-state index in [2.05, 4.69) is 20.3 Å². The standard InChI is InChI=1S/C15H25N5O3/c1-11(14(21)22-4)7-17-15(16-2)20-5-6-23-13(10-20)12-8-18-19(3)9-12/h8-9,11,13H,5-7,10H2,1-4H3,(H,16,17). The smallest absolute Gasteiger partial charge is 0.310 e. The van der Waals surface area contributed by atoms with Crippen LogP contribution in [0.25, 0.3) is 0 Å². The molecule has 2 atom stereocenters. The fourth-order valence-corrected chi connectivity index (χ4v) is 2.51. The summed E-state index contributed by atoms with van der Waals surface area (Å²) in [5.74, 6) is 0.299. The van der Waals surface area contributed by atoms with Crippen LogP contribution in [0.15, 0.2) is 17.4 Å². The van der Waals surface area contributed by atoms with Gasteiger partial charge in [-0.3, -0.25) is 14.5 Å². The van der Waals surface area contributed by atoms with Crippen molar-refractivity contribution in [3.05, 3.63) is 18.0 Å². The fraction of sp³-hybridized carbons (Fsp3) is 0.667. The number of hydrogen-bond donors (Lipinski definition) is 1. The summed E-state index contributed by atoms with van der Waals surface area (Å²) in [4.78, 5) is 17.9. The molecule has 8 heteroatoms. The molecule has 1 aliphatic rings. The number of guanidine groups is 1. The lowest BCUT2D eigenvalue weighted by Gasteiger charge is -2.35. The molecule has 1 saturated heterocycles. The average molecular weight is 323 g/mol. The number of aryl methyl sites for hydroxylation is 1. The van der Waals surface area contributed by atoms with Gasteiger partial charge in [0, 0.05) is 38.9 Å². The van der Waals surface area contributed by atoms with Gasteiger partial charge in [0.2, 0.25) is 0 Å². The van der Waals surface area contributed by atoms with E-state index in [1.807, 2.05) is 26.4 Å². The summed E-state index contributed by atoms with van der Waals surface area (Å²) in [6, 6.07) is 0. The summed E-state index contributed by atoms with van der Waals surface area (Å²) in [6.45, 7) is 4.37. The van der Waals surface area contributed by atoms with E-state index in [0.717, 1.165) is 18.1 Å². The van der Waals surface area contributed by atoms with Crippen LogP contribution in [0.3, 0.4) is 0 Å². The molecular weight excluding hydrogens is 298 g/mol. The van der Waals surface area contributed by atoms with Gasteiger partial charge >= 0.3 is 5.97 Å². The SMILES string of the molecule is CN=C(NCC(C)C(=O)OC)N1CCOC(c2cnn(C)c2)C1. The van der Waals surface area contributed by atoms with Gasteiger partial charge in [0.1, 0.15) is 6.10 Å². The zero-order chi connectivity index (χ0) is 16.8. The second-order valence-corrected chi connectivity index (χ2v) is 5.61. The van der Waals surface area contributed by atoms with E-state index < -0.39 is 0 Å². The molecule has 2 unspecified atom stereocenters. The normalized spacial score (nSPS) is 20.3. The Morgan fingerprint density at radius 2 is 2.43 bits per heavy atom. The third-order valence-corrected chi connectivity index (χ3v) is 3.84. The molecule has 128 valence electrons. The first-order valence-electron chi connectivity index (χ1n) is 7.68. The maximum Gasteiger partial charge on any atom is 0.310 e. The number of carbonyl (C=O) groups excluding carboxylic acids is 1. The van der Waals surface area contributed by atoms with Crippen LogP contribution in [-0.2, 0) is 21.3 Å². The first-order chi connectivity index (χ1) is 11.0. The Labute approximate surface area is 136 Å². The first-order valence-corrected chi connectivity index (χ1v) is 7.68. The van der Waals surface area contributed by atoms with Crippen LogP contribution in [0.2, 0.25) is 0 Å². The summed E-state index contributed by atoms with van der Waals surface area (Å²) in [6.07, 6.45) is 3.75. The molecule has 1 aromatic rings. The number of esters is 1. The average Bonchev–Trinajstić information content (AvgIpc) is 3.01. The molecular formula is C15H25N5O3. The van der Waals surface area contributed by atoms with Gasteiger partial charge in [0.05, 0.1) is 32.4 Å². The molecule has 1 aromatic heterocycles. The summed E-state index contributed by atoms with van der Waals surface area (Å²) < 4.78 is 12.3. The maximum atomic E-state index is 11.5. The van der Waals surface area contributed by atoms with Crippen molar-refractivity contribution in [3.8, 4) is 0 Å². The Kier molecular flexibility index (Phi) is 5.97. The van der Waals surface area contributed by atoms with Crippen molar-refractivity contribution < 1.29 is 14.3 Å². The zero-order valence-electron chi connectivity index (χ0n) is 14.2. The van der Waals surface area contributed by atoms with E-state index in [-0.39, 0.29) is 18.0 Å². The van der Waals surface area contributed by atoms with Crippen LogP contribution >= 0.6 is 0 Å². The van der Waals surface area contributed by atoms with E-state index >= 15 is 0 Å². The third kappa shape index (κ3) is 4.44. The van der Waals surface area contributed by atoms with Crippen LogP contribution in [-0.4, -0.2) is 67.0 Å². The highest BCUT2D eigenvalue weighted by atomic mass is 16.5. The minimum absolute atomic E-state index is 0.0333. The van der Waals surface area contributed by atoms with Gasteiger partial charge in [-0.2, -0.15) is 5.10 Å². The van der Waals surface area contributed by atoms with Crippen LogP contribution in [0.4, 0.5) is 0 Å². The number of ether oxygens (including phenoxy) is 2. The number of carbonyl (C=O) groups is 1. The van der Waals surface area contributed by atoms with Gasteiger partial charge in [-0.15, -0.1) is 0 Å². The van der Waals surface area contributed by atoms with E-state index in [0.29, 0.717) is 19.7 Å². The van der Waals surface area contributed by atoms with E-state index in [9.17, 15) is 4.79 Å². The zero-order valence-corrected chi connectivity index (χ0v) is 14.2. The summed E-state index contributed by atoms with van der Waals surface area (Å²) >= 11 is 0. The molecule has 23 heavy (non-hydrogen) atoms. The second kappa shape index (κ2) is 7.96. The molecule has 2 heterocycles. The van der Waals surface area contributed by atoms with Gasteiger partial charge in [-0.25, -0.2) is 0 Å². The predicted molar refractivity (Wildman–Crippen MR) is 86.0 cm³/mol. The molecule has 1 N–H and O–H groups in total. The lowest BCUT2D eigenvalue weighted by molar-refractivity contribution is -0.144. The molecule has 0 aromatic carbocycles. The number of morpholine rings is 1. The van der Waals surface area contributed by atoms with Gasteiger partial charge in [0.25, 0.3) is 0 Å². The van der Waals surface area contributed by atoms with Crippen molar-refractivity contribution >= 4 is 11.9 Å². The summed E-state index contributed by atoms with van der Waals surface area (Å²) in [5.41, 5.74) is 1.05. The fourth-order valence-electron chi connectivity index (χ4n) is 2.51. The highest BCUT2D eigenvalue weighted by molar-refractivity contribution is 5.81. The number of rotatable bonds is 4. The number of methoxy groups -OCH3 is 1. The van der Waals surface area contributed by atoms with Gasteiger partial charge in [-0.05, 0) is 0 Å². The quantitative estimate of drug-likeness (QED) is 0.484. The van der Waals surface area contributed by atoms with Crippen LogP contribution in [0.5, 0.6) is 0 Å². The van der Waals surface area contributed by atoms with Crippen molar-refractivity contribution in [2.24, 2.45) is 18.0 Å². The van der Waals surface area contributed by atoms with Gasteiger partial charge in [0.15, 0.2) is 5.96 Å². The molecule has 0 saturated carbocycles. The molecule has 0 aliphatic carbocycles. The number of nitrogens with zero attached hydrogens (tertiary/aromatic N) is 4. The number of aliphatic imine (C=N–C) groups is 1. The Balaban J connectivity index is 1.94. The highest BCUT2D eigenvalue weighted by Crippen LogP contribution is 2.21. The molecule has 0 amide bonds. The van der Waals surface area contributed by atoms with Crippen LogP contribution in [0, 0.1) is 5.92 Å². The lowest BCUT2D eigenvalue weighted by atomic mass is 10.1. The molecule has 0 spiro atoms. The summed E-state index contributed by atoms with van der Waals surface area (Å²) in [5, 5.41) is 7.42. The minimum Gasteiger partial charge on any atom is -0.469 e. The molecule has 0 radical (unpaired) electrons. The third-order valence-electron chi connectivity index (χ3n) is 3.84. The molecule has 0 bridgehead atoms. The highest BCUT2D eigenvalue weighted by Gasteiger charge is 2.25. The van der Waals surface area contributed by atoms with E-state index in [1.165, 1.54) is 7.11 Å². The Morgan fingerprint density at radius 1 is 1.65 bits per heavy atom. The van der Waals surface area contributed by atoms with E-state index in [4.69, 9.17) is 9.47 Å². The molecule has 8 nitrogen and oxygen atoms in total. The van der Waals surface area contributed by atoms with Crippen molar-refractivity contribution in [1.29, 1.82) is 0 Å².